The van der Waals surface area contributed by atoms with Crippen LogP contribution in [0.1, 0.15) is 11.4 Å². The summed E-state index contributed by atoms with van der Waals surface area (Å²) >= 11 is 6.03. The second-order valence-corrected chi connectivity index (χ2v) is 6.36. The molecular formula is C13H12ClN3O4S. The molecule has 2 aromatic rings. The molecule has 2 aromatic heterocycles. The third-order valence-electron chi connectivity index (χ3n) is 2.72. The van der Waals surface area contributed by atoms with E-state index in [0.29, 0.717) is 5.69 Å². The van der Waals surface area contributed by atoms with Gasteiger partial charge in [-0.1, -0.05) is 16.8 Å². The number of hydrogen-bond acceptors (Lipinski definition) is 6. The monoisotopic (exact) mass is 341 g/mol. The highest BCUT2D eigenvalue weighted by molar-refractivity contribution is 7.92. The average Bonchev–Trinajstić information content (AvgIpc) is 2.84. The minimum atomic E-state index is -4.08. The van der Waals surface area contributed by atoms with Crippen LogP contribution in [0.3, 0.4) is 0 Å². The van der Waals surface area contributed by atoms with Crippen molar-refractivity contribution < 1.29 is 17.7 Å². The Hall–Kier alpha value is -2.08. The molecule has 0 fully saturated rings. The maximum absolute atomic E-state index is 12.8. The fraction of sp³-hybridized carbons (Fsp3) is 0.231. The molecule has 116 valence electrons. The summed E-state index contributed by atoms with van der Waals surface area (Å²) in [5.41, 5.74) is 0.340. The SMILES string of the molecule is C#Cc1ncccc1S(=O)(=O)N(COC)c1onc(C)c1Cl. The van der Waals surface area contributed by atoms with Gasteiger partial charge in [-0.15, -0.1) is 6.42 Å². The molecule has 0 aliphatic rings. The summed E-state index contributed by atoms with van der Waals surface area (Å²) in [5.74, 6) is 2.09. The zero-order chi connectivity index (χ0) is 16.3. The van der Waals surface area contributed by atoms with Gasteiger partial charge in [0.25, 0.3) is 15.9 Å². The number of halogens is 1. The molecule has 0 radical (unpaired) electrons. The molecule has 0 bridgehead atoms. The number of sulfonamides is 1. The summed E-state index contributed by atoms with van der Waals surface area (Å²) < 4.78 is 36.4. The second kappa shape index (κ2) is 6.36. The number of terminal acetylenes is 1. The molecule has 22 heavy (non-hydrogen) atoms. The maximum atomic E-state index is 12.8. The van der Waals surface area contributed by atoms with E-state index in [1.807, 2.05) is 0 Å². The van der Waals surface area contributed by atoms with E-state index >= 15 is 0 Å². The van der Waals surface area contributed by atoms with Crippen molar-refractivity contribution >= 4 is 27.5 Å². The van der Waals surface area contributed by atoms with Crippen molar-refractivity contribution in [2.75, 3.05) is 18.1 Å². The van der Waals surface area contributed by atoms with Crippen LogP contribution < -0.4 is 4.31 Å². The predicted octanol–water partition coefficient (Wildman–Crippen LogP) is 1.81. The molecule has 0 saturated heterocycles. The largest absolute Gasteiger partial charge is 0.363 e. The van der Waals surface area contributed by atoms with E-state index in [0.717, 1.165) is 4.31 Å². The molecule has 0 saturated carbocycles. The van der Waals surface area contributed by atoms with Crippen LogP contribution in [0.25, 0.3) is 0 Å². The van der Waals surface area contributed by atoms with Gasteiger partial charge in [-0.2, -0.15) is 0 Å². The normalized spacial score (nSPS) is 11.2. The van der Waals surface area contributed by atoms with Gasteiger partial charge in [-0.25, -0.2) is 17.7 Å². The minimum absolute atomic E-state index is 0.0176. The van der Waals surface area contributed by atoms with E-state index < -0.39 is 10.0 Å². The van der Waals surface area contributed by atoms with E-state index in [9.17, 15) is 8.42 Å². The van der Waals surface area contributed by atoms with Gasteiger partial charge in [0.2, 0.25) is 0 Å². The van der Waals surface area contributed by atoms with Crippen LogP contribution >= 0.6 is 11.6 Å². The summed E-state index contributed by atoms with van der Waals surface area (Å²) in [4.78, 5) is 3.71. The molecule has 0 aliphatic carbocycles. The minimum Gasteiger partial charge on any atom is -0.363 e. The number of rotatable bonds is 5. The number of anilines is 1. The number of hydrogen-bond donors (Lipinski definition) is 0. The van der Waals surface area contributed by atoms with Gasteiger partial charge in [0.15, 0.2) is 0 Å². The Balaban J connectivity index is 2.62. The van der Waals surface area contributed by atoms with Crippen molar-refractivity contribution in [1.82, 2.24) is 10.1 Å². The Labute approximate surface area is 132 Å². The molecule has 9 heteroatoms. The predicted molar refractivity (Wildman–Crippen MR) is 80.0 cm³/mol. The Bertz CT molecular complexity index is 826. The van der Waals surface area contributed by atoms with Gasteiger partial charge < -0.3 is 9.26 Å². The van der Waals surface area contributed by atoms with E-state index in [4.69, 9.17) is 27.3 Å². The first-order valence-electron chi connectivity index (χ1n) is 5.98. The smallest absolute Gasteiger partial charge is 0.271 e. The summed E-state index contributed by atoms with van der Waals surface area (Å²) in [6, 6.07) is 2.81. The van der Waals surface area contributed by atoms with Crippen molar-refractivity contribution in [1.29, 1.82) is 0 Å². The van der Waals surface area contributed by atoms with Gasteiger partial charge in [-0.3, -0.25) is 0 Å². The van der Waals surface area contributed by atoms with Gasteiger partial charge in [0.1, 0.15) is 28.0 Å². The highest BCUT2D eigenvalue weighted by Gasteiger charge is 2.32. The highest BCUT2D eigenvalue weighted by atomic mass is 35.5. The number of aromatic nitrogens is 2. The molecule has 0 aromatic carbocycles. The first kappa shape index (κ1) is 16.3. The van der Waals surface area contributed by atoms with Gasteiger partial charge >= 0.3 is 0 Å². The molecule has 0 N–H and O–H groups in total. The zero-order valence-electron chi connectivity index (χ0n) is 11.8. The number of methoxy groups -OCH3 is 1. The van der Waals surface area contributed by atoms with Crippen molar-refractivity contribution in [3.63, 3.8) is 0 Å². The lowest BCUT2D eigenvalue weighted by molar-refractivity contribution is 0.205. The third kappa shape index (κ3) is 2.78. The van der Waals surface area contributed by atoms with Gasteiger partial charge in [-0.05, 0) is 25.0 Å². The van der Waals surface area contributed by atoms with Crippen LogP contribution in [0, 0.1) is 19.3 Å². The lowest BCUT2D eigenvalue weighted by Crippen LogP contribution is -2.33. The Morgan fingerprint density at radius 2 is 2.27 bits per heavy atom. The number of aryl methyl sites for hydroxylation is 1. The molecular weight excluding hydrogens is 330 g/mol. The standard InChI is InChI=1S/C13H12ClN3O4S/c1-4-10-11(6-5-7-15-10)22(18,19)17(8-20-3)13-12(14)9(2)16-21-13/h1,5-7H,8H2,2-3H3. The molecule has 2 heterocycles. The summed E-state index contributed by atoms with van der Waals surface area (Å²) in [5, 5.41) is 3.72. The molecule has 0 unspecified atom stereocenters. The molecule has 2 rings (SSSR count). The fourth-order valence-electron chi connectivity index (χ4n) is 1.68. The third-order valence-corrected chi connectivity index (χ3v) is 4.89. The molecule has 0 amide bonds. The summed E-state index contributed by atoms with van der Waals surface area (Å²) in [6.45, 7) is 1.26. The lowest BCUT2D eigenvalue weighted by Gasteiger charge is -2.20. The van der Waals surface area contributed by atoms with Crippen LogP contribution in [0.2, 0.25) is 5.02 Å². The van der Waals surface area contributed by atoms with E-state index in [1.54, 1.807) is 6.92 Å². The van der Waals surface area contributed by atoms with Gasteiger partial charge in [0, 0.05) is 13.3 Å². The van der Waals surface area contributed by atoms with Crippen LogP contribution in [0.5, 0.6) is 0 Å². The van der Waals surface area contributed by atoms with Crippen molar-refractivity contribution in [3.05, 3.63) is 34.7 Å². The topological polar surface area (TPSA) is 85.5 Å². The Morgan fingerprint density at radius 1 is 1.55 bits per heavy atom. The molecule has 0 atom stereocenters. The van der Waals surface area contributed by atoms with E-state index in [-0.39, 0.29) is 28.2 Å². The lowest BCUT2D eigenvalue weighted by atomic mass is 10.4. The highest BCUT2D eigenvalue weighted by Crippen LogP contribution is 2.33. The first-order chi connectivity index (χ1) is 10.4. The summed E-state index contributed by atoms with van der Waals surface area (Å²) in [6.07, 6.45) is 6.71. The first-order valence-corrected chi connectivity index (χ1v) is 7.80. The van der Waals surface area contributed by atoms with E-state index in [2.05, 4.69) is 16.1 Å². The van der Waals surface area contributed by atoms with Crippen molar-refractivity contribution in [2.24, 2.45) is 0 Å². The number of nitrogens with zero attached hydrogens (tertiary/aromatic N) is 3. The molecule has 0 spiro atoms. The average molecular weight is 342 g/mol. The van der Waals surface area contributed by atoms with Crippen LogP contribution in [-0.4, -0.2) is 32.4 Å². The van der Waals surface area contributed by atoms with Crippen LogP contribution in [-0.2, 0) is 14.8 Å². The second-order valence-electron chi connectivity index (χ2n) is 4.15. The van der Waals surface area contributed by atoms with Crippen LogP contribution in [0.4, 0.5) is 5.88 Å². The quantitative estimate of drug-likeness (QED) is 0.609. The van der Waals surface area contributed by atoms with Crippen molar-refractivity contribution in [2.45, 2.75) is 11.8 Å². The summed E-state index contributed by atoms with van der Waals surface area (Å²) in [7, 11) is -2.74. The van der Waals surface area contributed by atoms with Crippen LogP contribution in [0.15, 0.2) is 27.7 Å². The van der Waals surface area contributed by atoms with E-state index in [1.165, 1.54) is 25.4 Å². The number of pyridine rings is 1. The molecule has 7 nitrogen and oxygen atoms in total. The maximum Gasteiger partial charge on any atom is 0.271 e. The van der Waals surface area contributed by atoms with Gasteiger partial charge in [0.05, 0.1) is 0 Å². The fourth-order valence-corrected chi connectivity index (χ4v) is 3.33. The molecule has 0 aliphatic heterocycles. The number of ether oxygens (including phenoxy) is 1. The Kier molecular flexibility index (Phi) is 4.71. The van der Waals surface area contributed by atoms with Crippen molar-refractivity contribution in [3.8, 4) is 12.3 Å². The zero-order valence-corrected chi connectivity index (χ0v) is 13.3. The Morgan fingerprint density at radius 3 is 2.82 bits per heavy atom.